The standard InChI is InChI=1S/C13H14N2O4S2/c16-12(17)8-4-5-10-9-20-13(14-10)15-21(18,19)11-6-2-1-3-7-11/h1-3,6-7,9H,4-5,8H2,(H,14,15)(H,16,17). The maximum atomic E-state index is 12.1. The van der Waals surface area contributed by atoms with Gasteiger partial charge in [0.1, 0.15) is 0 Å². The van der Waals surface area contributed by atoms with Crippen molar-refractivity contribution in [3.05, 3.63) is 41.4 Å². The molecule has 8 heteroatoms. The molecule has 2 aromatic rings. The Balaban J connectivity index is 2.01. The van der Waals surface area contributed by atoms with Crippen molar-refractivity contribution in [3.8, 4) is 0 Å². The summed E-state index contributed by atoms with van der Waals surface area (Å²) in [5.74, 6) is -0.852. The lowest BCUT2D eigenvalue weighted by atomic mass is 10.2. The maximum Gasteiger partial charge on any atom is 0.303 e. The molecule has 0 aliphatic heterocycles. The van der Waals surface area contributed by atoms with Crippen molar-refractivity contribution in [2.24, 2.45) is 0 Å². The summed E-state index contributed by atoms with van der Waals surface area (Å²) in [5.41, 5.74) is 0.687. The van der Waals surface area contributed by atoms with E-state index in [0.29, 0.717) is 18.5 Å². The van der Waals surface area contributed by atoms with Gasteiger partial charge in [-0.2, -0.15) is 0 Å². The molecule has 2 N–H and O–H groups in total. The van der Waals surface area contributed by atoms with E-state index in [1.54, 1.807) is 23.6 Å². The van der Waals surface area contributed by atoms with Gasteiger partial charge in [0.05, 0.1) is 10.6 Å². The number of anilines is 1. The van der Waals surface area contributed by atoms with Crippen LogP contribution in [0.25, 0.3) is 0 Å². The van der Waals surface area contributed by atoms with Crippen LogP contribution >= 0.6 is 11.3 Å². The quantitative estimate of drug-likeness (QED) is 0.814. The average molecular weight is 326 g/mol. The van der Waals surface area contributed by atoms with E-state index in [1.807, 2.05) is 0 Å². The molecule has 112 valence electrons. The lowest BCUT2D eigenvalue weighted by Gasteiger charge is -2.04. The van der Waals surface area contributed by atoms with Crippen molar-refractivity contribution in [1.29, 1.82) is 0 Å². The lowest BCUT2D eigenvalue weighted by Crippen LogP contribution is -2.12. The molecule has 1 heterocycles. The Bertz CT molecular complexity index is 711. The molecule has 0 aliphatic carbocycles. The number of carbonyl (C=O) groups is 1. The van der Waals surface area contributed by atoms with Gasteiger partial charge in [0, 0.05) is 11.8 Å². The highest BCUT2D eigenvalue weighted by Gasteiger charge is 2.15. The summed E-state index contributed by atoms with van der Waals surface area (Å²) in [6, 6.07) is 8.04. The van der Waals surface area contributed by atoms with Crippen LogP contribution in [-0.4, -0.2) is 24.5 Å². The fourth-order valence-electron chi connectivity index (χ4n) is 1.66. The Morgan fingerprint density at radius 3 is 2.67 bits per heavy atom. The minimum absolute atomic E-state index is 0.0720. The van der Waals surface area contributed by atoms with Crippen molar-refractivity contribution in [2.75, 3.05) is 4.72 Å². The first-order valence-corrected chi connectivity index (χ1v) is 8.58. The molecule has 0 aliphatic rings. The SMILES string of the molecule is O=C(O)CCCc1csc(NS(=O)(=O)c2ccccc2)n1. The third kappa shape index (κ3) is 4.54. The fraction of sp³-hybridized carbons (Fsp3) is 0.231. The highest BCUT2D eigenvalue weighted by Crippen LogP contribution is 2.20. The normalized spacial score (nSPS) is 11.2. The second kappa shape index (κ2) is 6.68. The molecule has 0 spiro atoms. The van der Waals surface area contributed by atoms with E-state index < -0.39 is 16.0 Å². The number of carboxylic acids is 1. The molecule has 1 aromatic heterocycles. The van der Waals surface area contributed by atoms with E-state index in [0.717, 1.165) is 0 Å². The number of sulfonamides is 1. The Kier molecular flexibility index (Phi) is 4.92. The van der Waals surface area contributed by atoms with Crippen molar-refractivity contribution in [3.63, 3.8) is 0 Å². The fourth-order valence-corrected chi connectivity index (χ4v) is 3.68. The second-order valence-corrected chi connectivity index (χ2v) is 6.85. The molecule has 0 bridgehead atoms. The third-order valence-electron chi connectivity index (χ3n) is 2.65. The van der Waals surface area contributed by atoms with Crippen LogP contribution in [0.4, 0.5) is 5.13 Å². The van der Waals surface area contributed by atoms with E-state index in [2.05, 4.69) is 9.71 Å². The number of rotatable bonds is 7. The Morgan fingerprint density at radius 2 is 2.00 bits per heavy atom. The van der Waals surface area contributed by atoms with Gasteiger partial charge in [0.15, 0.2) is 5.13 Å². The van der Waals surface area contributed by atoms with Crippen LogP contribution in [0.1, 0.15) is 18.5 Å². The van der Waals surface area contributed by atoms with Crippen molar-refractivity contribution < 1.29 is 18.3 Å². The van der Waals surface area contributed by atoms with Crippen molar-refractivity contribution in [2.45, 2.75) is 24.2 Å². The van der Waals surface area contributed by atoms with Gasteiger partial charge in [-0.1, -0.05) is 18.2 Å². The molecule has 0 saturated carbocycles. The minimum atomic E-state index is -3.63. The monoisotopic (exact) mass is 326 g/mol. The van der Waals surface area contributed by atoms with Gasteiger partial charge < -0.3 is 5.11 Å². The van der Waals surface area contributed by atoms with Crippen LogP contribution < -0.4 is 4.72 Å². The van der Waals surface area contributed by atoms with E-state index in [4.69, 9.17) is 5.11 Å². The number of hydrogen-bond donors (Lipinski definition) is 2. The largest absolute Gasteiger partial charge is 0.481 e. The van der Waals surface area contributed by atoms with Gasteiger partial charge in [0.25, 0.3) is 10.0 Å². The molecule has 6 nitrogen and oxygen atoms in total. The number of aryl methyl sites for hydroxylation is 1. The van der Waals surface area contributed by atoms with Gasteiger partial charge >= 0.3 is 5.97 Å². The molecule has 0 atom stereocenters. The van der Waals surface area contributed by atoms with E-state index in [1.165, 1.54) is 23.5 Å². The Hall–Kier alpha value is -1.93. The number of nitrogens with one attached hydrogen (secondary N) is 1. The van der Waals surface area contributed by atoms with Gasteiger partial charge in [-0.15, -0.1) is 11.3 Å². The van der Waals surface area contributed by atoms with Gasteiger partial charge in [-0.25, -0.2) is 13.4 Å². The maximum absolute atomic E-state index is 12.1. The predicted octanol–water partition coefficient (Wildman–Crippen LogP) is 2.35. The first-order chi connectivity index (χ1) is 9.97. The van der Waals surface area contributed by atoms with Crippen LogP contribution in [0.15, 0.2) is 40.6 Å². The van der Waals surface area contributed by atoms with Crippen LogP contribution in [0, 0.1) is 0 Å². The summed E-state index contributed by atoms with van der Waals surface area (Å²) in [5, 5.41) is 10.6. The van der Waals surface area contributed by atoms with Gasteiger partial charge in [-0.3, -0.25) is 9.52 Å². The van der Waals surface area contributed by atoms with E-state index in [-0.39, 0.29) is 16.4 Å². The van der Waals surface area contributed by atoms with Crippen LogP contribution in [0.5, 0.6) is 0 Å². The molecule has 0 radical (unpaired) electrons. The van der Waals surface area contributed by atoms with Gasteiger partial charge in [0.2, 0.25) is 0 Å². The van der Waals surface area contributed by atoms with Crippen molar-refractivity contribution >= 4 is 32.5 Å². The summed E-state index contributed by atoms with van der Waals surface area (Å²) in [4.78, 5) is 14.8. The highest BCUT2D eigenvalue weighted by atomic mass is 32.2. The number of aromatic nitrogens is 1. The molecular formula is C13H14N2O4S2. The lowest BCUT2D eigenvalue weighted by molar-refractivity contribution is -0.137. The molecule has 0 saturated heterocycles. The van der Waals surface area contributed by atoms with Crippen LogP contribution in [0.3, 0.4) is 0 Å². The van der Waals surface area contributed by atoms with E-state index >= 15 is 0 Å². The van der Waals surface area contributed by atoms with E-state index in [9.17, 15) is 13.2 Å². The summed E-state index contributed by atoms with van der Waals surface area (Å²) in [7, 11) is -3.63. The van der Waals surface area contributed by atoms with Gasteiger partial charge in [-0.05, 0) is 25.0 Å². The molecule has 21 heavy (non-hydrogen) atoms. The molecular weight excluding hydrogens is 312 g/mol. The first kappa shape index (κ1) is 15.5. The summed E-state index contributed by atoms with van der Waals surface area (Å²) < 4.78 is 26.6. The third-order valence-corrected chi connectivity index (χ3v) is 4.94. The average Bonchev–Trinajstić information content (AvgIpc) is 2.86. The molecule has 0 unspecified atom stereocenters. The predicted molar refractivity (Wildman–Crippen MR) is 79.9 cm³/mol. The molecule has 1 aromatic carbocycles. The summed E-state index contributed by atoms with van der Waals surface area (Å²) in [6.07, 6.45) is 1.06. The minimum Gasteiger partial charge on any atom is -0.481 e. The number of aliphatic carboxylic acids is 1. The number of carboxylic acid groups (broad SMARTS) is 1. The summed E-state index contributed by atoms with van der Waals surface area (Å²) >= 11 is 1.18. The highest BCUT2D eigenvalue weighted by molar-refractivity contribution is 7.93. The molecule has 0 fully saturated rings. The number of thiazole rings is 1. The smallest absolute Gasteiger partial charge is 0.303 e. The molecule has 2 rings (SSSR count). The van der Waals surface area contributed by atoms with Crippen LogP contribution in [-0.2, 0) is 21.2 Å². The zero-order chi connectivity index (χ0) is 15.3. The first-order valence-electron chi connectivity index (χ1n) is 6.21. The number of nitrogens with zero attached hydrogens (tertiary/aromatic N) is 1. The Labute approximate surface area is 126 Å². The number of hydrogen-bond acceptors (Lipinski definition) is 5. The van der Waals surface area contributed by atoms with Crippen LogP contribution in [0.2, 0.25) is 0 Å². The Morgan fingerprint density at radius 1 is 1.29 bits per heavy atom. The topological polar surface area (TPSA) is 96.4 Å². The van der Waals surface area contributed by atoms with Crippen molar-refractivity contribution in [1.82, 2.24) is 4.98 Å². The second-order valence-electron chi connectivity index (χ2n) is 4.31. The number of benzene rings is 1. The molecule has 0 amide bonds. The zero-order valence-electron chi connectivity index (χ0n) is 11.0. The summed E-state index contributed by atoms with van der Waals surface area (Å²) in [6.45, 7) is 0. The zero-order valence-corrected chi connectivity index (χ0v) is 12.7.